The van der Waals surface area contributed by atoms with Crippen molar-refractivity contribution in [3.05, 3.63) is 47.2 Å². The summed E-state index contributed by atoms with van der Waals surface area (Å²) < 4.78 is 46.1. The molecule has 0 saturated carbocycles. The van der Waals surface area contributed by atoms with Gasteiger partial charge < -0.3 is 18.0 Å². The van der Waals surface area contributed by atoms with Crippen LogP contribution >= 0.6 is 0 Å². The van der Waals surface area contributed by atoms with Crippen molar-refractivity contribution >= 4 is 24.6 Å². The van der Waals surface area contributed by atoms with Crippen LogP contribution in [0.4, 0.5) is 0 Å². The van der Waals surface area contributed by atoms with Crippen LogP contribution in [0.1, 0.15) is 18.9 Å². The van der Waals surface area contributed by atoms with Gasteiger partial charge in [-0.1, -0.05) is 37.3 Å². The van der Waals surface area contributed by atoms with Gasteiger partial charge in [-0.05, 0) is 17.7 Å². The lowest BCUT2D eigenvalue weighted by Gasteiger charge is -2.22. The number of carbonyl (C=O) groups excluding carboxylic acids is 1. The predicted molar refractivity (Wildman–Crippen MR) is 100 cm³/mol. The van der Waals surface area contributed by atoms with Crippen molar-refractivity contribution < 1.29 is 31.2 Å². The van der Waals surface area contributed by atoms with E-state index in [0.717, 1.165) is 0 Å². The molecule has 0 N–H and O–H groups in total. The molecule has 1 rings (SSSR count). The molecule has 0 aromatic heterocycles. The second-order valence-electron chi connectivity index (χ2n) is 5.54. The second-order valence-corrected chi connectivity index (χ2v) is 10.3. The van der Waals surface area contributed by atoms with E-state index in [1.807, 2.05) is 6.92 Å². The van der Waals surface area contributed by atoms with Crippen LogP contribution in [0, 0.1) is 0 Å². The van der Waals surface area contributed by atoms with E-state index in [2.05, 4.69) is 0 Å². The van der Waals surface area contributed by atoms with Gasteiger partial charge in [-0.15, -0.1) is 0 Å². The quantitative estimate of drug-likeness (QED) is 0.317. The second kappa shape index (κ2) is 10.6. The molecule has 146 valence electrons. The van der Waals surface area contributed by atoms with Crippen LogP contribution in [0.2, 0.25) is 0 Å². The normalized spacial score (nSPS) is 12.8. The van der Waals surface area contributed by atoms with E-state index < -0.39 is 30.4 Å². The number of rotatable bonds is 11. The summed E-state index contributed by atoms with van der Waals surface area (Å²) in [6, 6.07) is 8.76. The molecule has 1 aromatic carbocycles. The molecular weight excluding hydrogens is 376 g/mol. The van der Waals surface area contributed by atoms with Crippen LogP contribution in [-0.2, 0) is 38.4 Å². The molecule has 0 aliphatic heterocycles. The van der Waals surface area contributed by atoms with Gasteiger partial charge in [0.2, 0.25) is 0 Å². The van der Waals surface area contributed by atoms with Crippen molar-refractivity contribution in [3.63, 3.8) is 0 Å². The first-order valence-corrected chi connectivity index (χ1v) is 11.7. The Morgan fingerprint density at radius 3 is 2.15 bits per heavy atom. The number of carbonyl (C=O) groups is 1. The Hall–Kier alpha value is -1.52. The van der Waals surface area contributed by atoms with Crippen LogP contribution in [0.5, 0.6) is 0 Å². The SMILES string of the molecule is CCCOC(=O)C(=C[Si](OC)(OC)OC)CS(=O)(=O)Cc1ccccc1. The zero-order valence-corrected chi connectivity index (χ0v) is 17.4. The first-order valence-electron chi connectivity index (χ1n) is 8.10. The summed E-state index contributed by atoms with van der Waals surface area (Å²) in [6.45, 7) is 2.04. The Kier molecular flexibility index (Phi) is 9.17. The third kappa shape index (κ3) is 7.00. The lowest BCUT2D eigenvalue weighted by atomic mass is 10.2. The van der Waals surface area contributed by atoms with Gasteiger partial charge in [-0.25, -0.2) is 13.2 Å². The summed E-state index contributed by atoms with van der Waals surface area (Å²) >= 11 is 0. The number of esters is 1. The molecular formula is C17H26O7SSi. The lowest BCUT2D eigenvalue weighted by Crippen LogP contribution is -2.42. The minimum Gasteiger partial charge on any atom is -0.462 e. The van der Waals surface area contributed by atoms with E-state index in [0.29, 0.717) is 12.0 Å². The molecule has 0 aliphatic rings. The molecule has 0 heterocycles. The standard InChI is InChI=1S/C17H26O7SSi/c1-5-11-24-17(18)16(14-26(21-2,22-3)23-4)13-25(19,20)12-15-9-7-6-8-10-15/h6-10,14H,5,11-13H2,1-4H3. The van der Waals surface area contributed by atoms with Crippen LogP contribution in [0.15, 0.2) is 41.6 Å². The van der Waals surface area contributed by atoms with Crippen molar-refractivity contribution in [3.8, 4) is 0 Å². The summed E-state index contributed by atoms with van der Waals surface area (Å²) in [7, 11) is -2.78. The van der Waals surface area contributed by atoms with E-state index >= 15 is 0 Å². The summed E-state index contributed by atoms with van der Waals surface area (Å²) in [5.74, 6) is -1.39. The maximum Gasteiger partial charge on any atom is 0.529 e. The maximum atomic E-state index is 12.6. The van der Waals surface area contributed by atoms with Crippen LogP contribution in [-0.4, -0.2) is 56.9 Å². The smallest absolute Gasteiger partial charge is 0.462 e. The van der Waals surface area contributed by atoms with Crippen LogP contribution in [0.3, 0.4) is 0 Å². The van der Waals surface area contributed by atoms with Crippen LogP contribution < -0.4 is 0 Å². The molecule has 0 saturated heterocycles. The number of ether oxygens (including phenoxy) is 1. The van der Waals surface area contributed by atoms with Crippen LogP contribution in [0.25, 0.3) is 0 Å². The topological polar surface area (TPSA) is 88.1 Å². The van der Waals surface area contributed by atoms with Gasteiger partial charge in [0.05, 0.1) is 23.7 Å². The van der Waals surface area contributed by atoms with E-state index in [1.165, 1.54) is 27.0 Å². The Labute approximate surface area is 156 Å². The van der Waals surface area contributed by atoms with E-state index in [9.17, 15) is 13.2 Å². The van der Waals surface area contributed by atoms with Gasteiger partial charge in [-0.3, -0.25) is 0 Å². The van der Waals surface area contributed by atoms with E-state index in [1.54, 1.807) is 30.3 Å². The first-order chi connectivity index (χ1) is 12.3. The van der Waals surface area contributed by atoms with Crippen molar-refractivity contribution in [2.45, 2.75) is 19.1 Å². The van der Waals surface area contributed by atoms with Gasteiger partial charge in [0.1, 0.15) is 0 Å². The molecule has 26 heavy (non-hydrogen) atoms. The minimum atomic E-state index is -3.61. The fourth-order valence-electron chi connectivity index (χ4n) is 2.20. The molecule has 7 nitrogen and oxygen atoms in total. The summed E-state index contributed by atoms with van der Waals surface area (Å²) in [4.78, 5) is 12.4. The average Bonchev–Trinajstić information content (AvgIpc) is 2.63. The Balaban J connectivity index is 3.13. The molecule has 0 bridgehead atoms. The third-order valence-corrected chi connectivity index (χ3v) is 7.44. The molecule has 0 unspecified atom stereocenters. The van der Waals surface area contributed by atoms with E-state index in [4.69, 9.17) is 18.0 Å². The highest BCUT2D eigenvalue weighted by atomic mass is 32.2. The van der Waals surface area contributed by atoms with Crippen molar-refractivity contribution in [1.29, 1.82) is 0 Å². The summed E-state index contributed by atoms with van der Waals surface area (Å²) in [6.07, 6.45) is 0.622. The molecule has 0 fully saturated rings. The molecule has 0 radical (unpaired) electrons. The highest BCUT2D eigenvalue weighted by molar-refractivity contribution is 7.90. The average molecular weight is 403 g/mol. The fraction of sp³-hybridized carbons (Fsp3) is 0.471. The fourth-order valence-corrected chi connectivity index (χ4v) is 5.33. The summed E-state index contributed by atoms with van der Waals surface area (Å²) in [5, 5.41) is 0. The van der Waals surface area contributed by atoms with Gasteiger partial charge in [0.25, 0.3) is 0 Å². The monoisotopic (exact) mass is 402 g/mol. The number of hydrogen-bond donors (Lipinski definition) is 0. The molecule has 9 heteroatoms. The lowest BCUT2D eigenvalue weighted by molar-refractivity contribution is -0.138. The summed E-state index contributed by atoms with van der Waals surface area (Å²) in [5.41, 5.74) is 1.92. The number of sulfone groups is 1. The van der Waals surface area contributed by atoms with Crippen molar-refractivity contribution in [1.82, 2.24) is 0 Å². The van der Waals surface area contributed by atoms with Gasteiger partial charge in [0, 0.05) is 21.3 Å². The molecule has 0 spiro atoms. The Morgan fingerprint density at radius 2 is 1.65 bits per heavy atom. The molecule has 0 amide bonds. The first kappa shape index (κ1) is 22.5. The van der Waals surface area contributed by atoms with Gasteiger partial charge in [-0.2, -0.15) is 0 Å². The zero-order valence-electron chi connectivity index (χ0n) is 15.6. The molecule has 1 aromatic rings. The van der Waals surface area contributed by atoms with Crippen molar-refractivity contribution in [2.24, 2.45) is 0 Å². The third-order valence-electron chi connectivity index (χ3n) is 3.51. The molecule has 0 aliphatic carbocycles. The Bertz CT molecular complexity index is 689. The maximum absolute atomic E-state index is 12.6. The van der Waals surface area contributed by atoms with Gasteiger partial charge >= 0.3 is 14.8 Å². The number of hydrogen-bond acceptors (Lipinski definition) is 7. The minimum absolute atomic E-state index is 0.0494. The Morgan fingerprint density at radius 1 is 1.08 bits per heavy atom. The number of benzene rings is 1. The van der Waals surface area contributed by atoms with Crippen molar-refractivity contribution in [2.75, 3.05) is 33.7 Å². The largest absolute Gasteiger partial charge is 0.529 e. The van der Waals surface area contributed by atoms with Gasteiger partial charge in [0.15, 0.2) is 9.84 Å². The highest BCUT2D eigenvalue weighted by Crippen LogP contribution is 2.16. The highest BCUT2D eigenvalue weighted by Gasteiger charge is 2.38. The molecule has 0 atom stereocenters. The zero-order chi connectivity index (χ0) is 19.6. The predicted octanol–water partition coefficient (Wildman–Crippen LogP) is 1.90. The van der Waals surface area contributed by atoms with E-state index in [-0.39, 0.29) is 17.9 Å².